The number of carbonyl (C=O) groups is 1. The number of morpholine rings is 1. The van der Waals surface area contributed by atoms with Gasteiger partial charge in [-0.3, -0.25) is 0 Å². The van der Waals surface area contributed by atoms with Gasteiger partial charge in [-0.15, -0.1) is 0 Å². The number of nitrogens with one attached hydrogen (secondary N) is 1. The quantitative estimate of drug-likeness (QED) is 0.220. The van der Waals surface area contributed by atoms with Crippen LogP contribution < -0.4 is 19.9 Å². The smallest absolute Gasteiger partial charge is 0.451 e. The lowest BCUT2D eigenvalue weighted by atomic mass is 9.90. The van der Waals surface area contributed by atoms with E-state index in [9.17, 15) is 23.1 Å². The number of aliphatic carboxylic acids is 1. The number of nitrogens with zero attached hydrogens (tertiary/aromatic N) is 5. The highest BCUT2D eigenvalue weighted by Gasteiger charge is 2.50. The third-order valence-corrected chi connectivity index (χ3v) is 9.82. The van der Waals surface area contributed by atoms with Crippen LogP contribution in [0.3, 0.4) is 0 Å². The van der Waals surface area contributed by atoms with Crippen molar-refractivity contribution in [2.24, 2.45) is 0 Å². The van der Waals surface area contributed by atoms with E-state index in [0.717, 1.165) is 16.8 Å². The predicted octanol–water partition coefficient (Wildman–Crippen LogP) is 5.60. The summed E-state index contributed by atoms with van der Waals surface area (Å²) in [5.41, 5.74) is 3.11. The Labute approximate surface area is 283 Å². The average Bonchev–Trinajstić information content (AvgIpc) is 3.69. The maximum atomic E-state index is 14.1. The van der Waals surface area contributed by atoms with E-state index < -0.39 is 35.7 Å². The Bertz CT molecular complexity index is 2100. The Kier molecular flexibility index (Phi) is 7.71. The first-order valence-electron chi connectivity index (χ1n) is 16.2. The third kappa shape index (κ3) is 5.40. The van der Waals surface area contributed by atoms with Crippen molar-refractivity contribution in [3.63, 3.8) is 0 Å². The molecule has 3 atom stereocenters. The number of ether oxygens (including phenoxy) is 3. The minimum absolute atomic E-state index is 0.0341. The summed E-state index contributed by atoms with van der Waals surface area (Å²) in [5.74, 6) is -2.63. The highest BCUT2D eigenvalue weighted by molar-refractivity contribution is 6.06. The van der Waals surface area contributed by atoms with Crippen molar-refractivity contribution in [2.75, 3.05) is 55.1 Å². The molecule has 15 heteroatoms. The second-order valence-electron chi connectivity index (χ2n) is 12.8. The van der Waals surface area contributed by atoms with Gasteiger partial charge >= 0.3 is 12.1 Å². The summed E-state index contributed by atoms with van der Waals surface area (Å²) >= 11 is 0. The molecule has 6 heterocycles. The van der Waals surface area contributed by atoms with Crippen LogP contribution in [0.2, 0.25) is 0 Å². The van der Waals surface area contributed by atoms with Gasteiger partial charge in [0.2, 0.25) is 11.7 Å². The van der Waals surface area contributed by atoms with Gasteiger partial charge in [0.1, 0.15) is 34.5 Å². The lowest BCUT2D eigenvalue weighted by Crippen LogP contribution is -2.68. The normalized spacial score (nSPS) is 21.9. The molecule has 0 amide bonds. The fourth-order valence-corrected chi connectivity index (χ4v) is 7.06. The number of carboxylic acid groups (broad SMARTS) is 1. The van der Waals surface area contributed by atoms with Crippen molar-refractivity contribution >= 4 is 45.2 Å². The minimum Gasteiger partial charge on any atom is -0.480 e. The van der Waals surface area contributed by atoms with Gasteiger partial charge in [-0.05, 0) is 42.8 Å². The van der Waals surface area contributed by atoms with Crippen LogP contribution in [0.15, 0.2) is 65.2 Å². The molecule has 50 heavy (non-hydrogen) atoms. The molecule has 12 nitrogen and oxygen atoms in total. The molecule has 0 bridgehead atoms. The number of halogens is 3. The minimum atomic E-state index is -4.89. The van der Waals surface area contributed by atoms with E-state index in [-0.39, 0.29) is 41.8 Å². The van der Waals surface area contributed by atoms with Crippen LogP contribution in [0.25, 0.3) is 33.2 Å². The van der Waals surface area contributed by atoms with Crippen LogP contribution >= 0.6 is 0 Å². The number of para-hydroxylation sites is 1. The van der Waals surface area contributed by atoms with E-state index in [1.165, 1.54) is 4.90 Å². The first-order valence-corrected chi connectivity index (χ1v) is 16.2. The number of fused-ring (bicyclic) bond motifs is 3. The Morgan fingerprint density at radius 3 is 2.64 bits per heavy atom. The summed E-state index contributed by atoms with van der Waals surface area (Å²) in [5, 5.41) is 13.8. The predicted molar refractivity (Wildman–Crippen MR) is 178 cm³/mol. The zero-order chi connectivity index (χ0) is 34.8. The highest BCUT2D eigenvalue weighted by Crippen LogP contribution is 2.42. The van der Waals surface area contributed by atoms with Crippen molar-refractivity contribution < 1.29 is 41.7 Å². The summed E-state index contributed by atoms with van der Waals surface area (Å²) in [4.78, 5) is 28.5. The van der Waals surface area contributed by atoms with Crippen LogP contribution in [0.5, 0.6) is 5.88 Å². The fourth-order valence-electron chi connectivity index (χ4n) is 7.06. The molecule has 0 saturated carbocycles. The van der Waals surface area contributed by atoms with E-state index in [4.69, 9.17) is 23.6 Å². The standard InChI is InChI=1S/C35H33F3N6O6/c1-19-34(17-47-18-34)48-11-10-43(19)25-13-21(20-6-5-7-22(12-20)39-2)15-40-31(25)49-23-14-26(32(45)46)44(16-23)30-29-28(41-33(42-30)35(36,37)38)24-8-3-4-9-27(24)50-29/h3-9,12-13,15,19,23,26,39H,10-11,14,16-18H2,1-2H3,(H,45,46)/t19-,23-,26-/m0/s1. The summed E-state index contributed by atoms with van der Waals surface area (Å²) in [7, 11) is 1.84. The summed E-state index contributed by atoms with van der Waals surface area (Å²) in [6.07, 6.45) is -4.02. The van der Waals surface area contributed by atoms with Gasteiger partial charge in [0.05, 0.1) is 32.4 Å². The van der Waals surface area contributed by atoms with Crippen molar-refractivity contribution in [2.45, 2.75) is 43.3 Å². The van der Waals surface area contributed by atoms with Crippen molar-refractivity contribution in [1.29, 1.82) is 0 Å². The van der Waals surface area contributed by atoms with Gasteiger partial charge in [0, 0.05) is 42.8 Å². The van der Waals surface area contributed by atoms with Gasteiger partial charge < -0.3 is 38.9 Å². The second kappa shape index (κ2) is 12.0. The van der Waals surface area contributed by atoms with E-state index in [1.54, 1.807) is 30.5 Å². The molecule has 3 aliphatic heterocycles. The molecular weight excluding hydrogens is 657 g/mol. The summed E-state index contributed by atoms with van der Waals surface area (Å²) in [6.45, 7) is 3.86. The number of hydrogen-bond acceptors (Lipinski definition) is 11. The van der Waals surface area contributed by atoms with Crippen LogP contribution in [0.1, 0.15) is 19.2 Å². The molecule has 1 spiro atoms. The maximum absolute atomic E-state index is 14.1. The van der Waals surface area contributed by atoms with Gasteiger partial charge in [-0.1, -0.05) is 24.3 Å². The average molecular weight is 691 g/mol. The number of hydrogen-bond donors (Lipinski definition) is 2. The monoisotopic (exact) mass is 690 g/mol. The molecule has 5 aromatic rings. The molecule has 3 aliphatic rings. The van der Waals surface area contributed by atoms with E-state index in [2.05, 4.69) is 27.1 Å². The largest absolute Gasteiger partial charge is 0.480 e. The number of carboxylic acids is 1. The first-order chi connectivity index (χ1) is 24.0. The van der Waals surface area contributed by atoms with Gasteiger partial charge in [0.25, 0.3) is 0 Å². The number of pyridine rings is 1. The number of furan rings is 1. The van der Waals surface area contributed by atoms with E-state index in [1.807, 2.05) is 37.4 Å². The third-order valence-electron chi connectivity index (χ3n) is 9.82. The second-order valence-corrected chi connectivity index (χ2v) is 12.8. The Morgan fingerprint density at radius 1 is 1.08 bits per heavy atom. The van der Waals surface area contributed by atoms with Crippen LogP contribution in [-0.2, 0) is 20.4 Å². The fraction of sp³-hybridized carbons (Fsp3) is 0.371. The zero-order valence-corrected chi connectivity index (χ0v) is 27.1. The molecule has 3 fully saturated rings. The van der Waals surface area contributed by atoms with Gasteiger partial charge in [0.15, 0.2) is 11.4 Å². The summed E-state index contributed by atoms with van der Waals surface area (Å²) < 4.78 is 66.5. The molecule has 8 rings (SSSR count). The highest BCUT2D eigenvalue weighted by atomic mass is 19.4. The van der Waals surface area contributed by atoms with E-state index >= 15 is 0 Å². The number of rotatable bonds is 7. The van der Waals surface area contributed by atoms with Gasteiger partial charge in [-0.25, -0.2) is 19.7 Å². The number of anilines is 3. The molecule has 2 aromatic carbocycles. The molecule has 0 aliphatic carbocycles. The Balaban J connectivity index is 1.18. The van der Waals surface area contributed by atoms with Crippen molar-refractivity contribution in [1.82, 2.24) is 15.0 Å². The van der Waals surface area contributed by atoms with Crippen LogP contribution in [-0.4, -0.2) is 89.8 Å². The van der Waals surface area contributed by atoms with Gasteiger partial charge in [-0.2, -0.15) is 13.2 Å². The zero-order valence-electron chi connectivity index (χ0n) is 27.1. The van der Waals surface area contributed by atoms with Crippen LogP contribution in [0, 0.1) is 0 Å². The molecule has 0 radical (unpaired) electrons. The lowest BCUT2D eigenvalue weighted by Gasteiger charge is -2.53. The Hall–Kier alpha value is -5.15. The number of benzene rings is 2. The summed E-state index contributed by atoms with van der Waals surface area (Å²) in [6, 6.07) is 15.1. The molecular formula is C35H33F3N6O6. The first kappa shape index (κ1) is 32.1. The molecule has 0 unspecified atom stereocenters. The van der Waals surface area contributed by atoms with E-state index in [0.29, 0.717) is 43.0 Å². The maximum Gasteiger partial charge on any atom is 0.451 e. The Morgan fingerprint density at radius 2 is 1.90 bits per heavy atom. The SMILES string of the molecule is CNc1cccc(-c2cnc(O[C@H]3C[C@@H](C(=O)O)N(c4nc(C(F)(F)F)nc5c4oc4ccccc45)C3)c(N3CCOC4(COC4)[C@@H]3C)c2)c1. The van der Waals surface area contributed by atoms with Crippen molar-refractivity contribution in [3.05, 3.63) is 66.6 Å². The van der Waals surface area contributed by atoms with Crippen LogP contribution in [0.4, 0.5) is 30.4 Å². The van der Waals surface area contributed by atoms with Crippen molar-refractivity contribution in [3.8, 4) is 17.0 Å². The molecule has 260 valence electrons. The molecule has 2 N–H and O–H groups in total. The number of alkyl halides is 3. The molecule has 3 aromatic heterocycles. The topological polar surface area (TPSA) is 135 Å². The molecule has 3 saturated heterocycles. The number of aromatic nitrogens is 3. The lowest BCUT2D eigenvalue weighted by molar-refractivity contribution is -0.228.